The van der Waals surface area contributed by atoms with E-state index in [9.17, 15) is 20.2 Å². The molecule has 1 fully saturated rings. The lowest BCUT2D eigenvalue weighted by atomic mass is 10.1. The highest BCUT2D eigenvalue weighted by atomic mass is 16.6. The number of benzene rings is 2. The molecule has 0 atom stereocenters. The fourth-order valence-electron chi connectivity index (χ4n) is 3.07. The van der Waals surface area contributed by atoms with Crippen molar-refractivity contribution in [3.05, 3.63) is 69.3 Å². The molecule has 160 valence electrons. The first-order valence-electron chi connectivity index (χ1n) is 9.55. The Hall–Kier alpha value is -3.90. The van der Waals surface area contributed by atoms with Crippen LogP contribution >= 0.6 is 0 Å². The lowest BCUT2D eigenvalue weighted by Crippen LogP contribution is -2.41. The van der Waals surface area contributed by atoms with Gasteiger partial charge in [0.1, 0.15) is 18.2 Å². The Bertz CT molecular complexity index is 1020. The van der Waals surface area contributed by atoms with Gasteiger partial charge in [-0.2, -0.15) is 5.26 Å². The number of non-ortho nitro benzene ring substituents is 1. The quantitative estimate of drug-likeness (QED) is 0.291. The fraction of sp³-hybridized carbons (Fsp3) is 0.273. The number of para-hydroxylation sites is 1. The number of hydrogen-bond donors (Lipinski definition) is 0. The number of rotatable bonds is 7. The molecular weight excluding hydrogens is 402 g/mol. The van der Waals surface area contributed by atoms with Crippen LogP contribution in [0.2, 0.25) is 0 Å². The number of carbonyl (C=O) groups excluding carboxylic acids is 1. The maximum absolute atomic E-state index is 12.7. The number of nitriles is 1. The van der Waals surface area contributed by atoms with E-state index in [2.05, 4.69) is 0 Å². The van der Waals surface area contributed by atoms with E-state index >= 15 is 0 Å². The number of amides is 1. The Morgan fingerprint density at radius 2 is 1.97 bits per heavy atom. The lowest BCUT2D eigenvalue weighted by molar-refractivity contribution is -0.384. The molecule has 0 spiro atoms. The molecule has 2 aromatic rings. The van der Waals surface area contributed by atoms with Crippen molar-refractivity contribution in [1.82, 2.24) is 4.90 Å². The molecule has 1 amide bonds. The molecule has 0 aromatic heterocycles. The smallest absolute Gasteiger partial charge is 0.269 e. The van der Waals surface area contributed by atoms with Crippen molar-refractivity contribution in [3.8, 4) is 17.6 Å². The molecule has 1 aliphatic heterocycles. The number of nitrogens with zero attached hydrogens (tertiary/aromatic N) is 3. The predicted octanol–water partition coefficient (Wildman–Crippen LogP) is 2.95. The van der Waals surface area contributed by atoms with Crippen LogP contribution in [-0.2, 0) is 16.1 Å². The molecule has 2 aromatic carbocycles. The molecule has 1 aliphatic rings. The largest absolute Gasteiger partial charge is 0.493 e. The minimum absolute atomic E-state index is 0.00930. The number of morpholine rings is 1. The molecule has 1 saturated heterocycles. The lowest BCUT2D eigenvalue weighted by Gasteiger charge is -2.26. The van der Waals surface area contributed by atoms with E-state index in [0.717, 1.165) is 5.56 Å². The van der Waals surface area contributed by atoms with Crippen molar-refractivity contribution < 1.29 is 23.9 Å². The van der Waals surface area contributed by atoms with Gasteiger partial charge in [0.15, 0.2) is 11.5 Å². The second-order valence-electron chi connectivity index (χ2n) is 6.67. The summed E-state index contributed by atoms with van der Waals surface area (Å²) in [6, 6.07) is 13.1. The number of nitro groups is 1. The SMILES string of the molecule is COc1cccc(/C=C(/C#N)C(=O)N2CCOCC2)c1OCc1ccc([N+](=O)[O-])cc1. The third kappa shape index (κ3) is 5.38. The normalized spacial score (nSPS) is 13.9. The minimum Gasteiger partial charge on any atom is -0.493 e. The van der Waals surface area contributed by atoms with Crippen LogP contribution in [0.5, 0.6) is 11.5 Å². The zero-order chi connectivity index (χ0) is 22.2. The van der Waals surface area contributed by atoms with Gasteiger partial charge in [-0.25, -0.2) is 0 Å². The van der Waals surface area contributed by atoms with Gasteiger partial charge in [0.05, 0.1) is 25.2 Å². The van der Waals surface area contributed by atoms with Crippen molar-refractivity contribution in [2.75, 3.05) is 33.4 Å². The zero-order valence-electron chi connectivity index (χ0n) is 16.9. The van der Waals surface area contributed by atoms with Crippen molar-refractivity contribution >= 4 is 17.7 Å². The summed E-state index contributed by atoms with van der Waals surface area (Å²) in [5, 5.41) is 20.4. The van der Waals surface area contributed by atoms with E-state index in [0.29, 0.717) is 43.4 Å². The Kier molecular flexibility index (Phi) is 7.19. The summed E-state index contributed by atoms with van der Waals surface area (Å²) in [5.41, 5.74) is 1.20. The fourth-order valence-corrected chi connectivity index (χ4v) is 3.07. The Balaban J connectivity index is 1.85. The van der Waals surface area contributed by atoms with Gasteiger partial charge in [-0.1, -0.05) is 12.1 Å². The van der Waals surface area contributed by atoms with Crippen LogP contribution in [0.25, 0.3) is 6.08 Å². The molecule has 3 rings (SSSR count). The van der Waals surface area contributed by atoms with Crippen molar-refractivity contribution in [3.63, 3.8) is 0 Å². The van der Waals surface area contributed by atoms with Gasteiger partial charge >= 0.3 is 0 Å². The first-order valence-corrected chi connectivity index (χ1v) is 9.55. The van der Waals surface area contributed by atoms with Crippen LogP contribution in [0.3, 0.4) is 0 Å². The Labute approximate surface area is 179 Å². The van der Waals surface area contributed by atoms with Crippen LogP contribution in [0, 0.1) is 21.4 Å². The highest BCUT2D eigenvalue weighted by Crippen LogP contribution is 2.33. The number of carbonyl (C=O) groups is 1. The average molecular weight is 423 g/mol. The molecule has 0 N–H and O–H groups in total. The van der Waals surface area contributed by atoms with Crippen LogP contribution in [0.1, 0.15) is 11.1 Å². The van der Waals surface area contributed by atoms with Crippen molar-refractivity contribution in [1.29, 1.82) is 5.26 Å². The van der Waals surface area contributed by atoms with Gasteiger partial charge in [-0.3, -0.25) is 14.9 Å². The summed E-state index contributed by atoms with van der Waals surface area (Å²) < 4.78 is 16.6. The highest BCUT2D eigenvalue weighted by molar-refractivity contribution is 6.02. The standard InChI is InChI=1S/C22H21N3O6/c1-29-20-4-2-3-17(13-18(14-23)22(26)24-9-11-30-12-10-24)21(20)31-15-16-5-7-19(8-6-16)25(27)28/h2-8,13H,9-12,15H2,1H3/b18-13-. The highest BCUT2D eigenvalue weighted by Gasteiger charge is 2.21. The van der Waals surface area contributed by atoms with Gasteiger partial charge in [-0.05, 0) is 29.8 Å². The van der Waals surface area contributed by atoms with E-state index in [1.807, 2.05) is 6.07 Å². The molecular formula is C22H21N3O6. The van der Waals surface area contributed by atoms with Gasteiger partial charge in [-0.15, -0.1) is 0 Å². The van der Waals surface area contributed by atoms with E-state index < -0.39 is 4.92 Å². The third-order valence-electron chi connectivity index (χ3n) is 4.71. The molecule has 0 saturated carbocycles. The predicted molar refractivity (Wildman–Crippen MR) is 111 cm³/mol. The van der Waals surface area contributed by atoms with Crippen LogP contribution in [0.15, 0.2) is 48.0 Å². The molecule has 31 heavy (non-hydrogen) atoms. The summed E-state index contributed by atoms with van der Waals surface area (Å²) in [6.45, 7) is 1.86. The number of ether oxygens (including phenoxy) is 3. The summed E-state index contributed by atoms with van der Waals surface area (Å²) in [5.74, 6) is 0.438. The van der Waals surface area contributed by atoms with E-state index in [4.69, 9.17) is 14.2 Å². The molecule has 0 unspecified atom stereocenters. The molecule has 9 nitrogen and oxygen atoms in total. The first-order chi connectivity index (χ1) is 15.0. The maximum Gasteiger partial charge on any atom is 0.269 e. The van der Waals surface area contributed by atoms with E-state index in [1.165, 1.54) is 25.3 Å². The summed E-state index contributed by atoms with van der Waals surface area (Å²) in [7, 11) is 1.49. The summed E-state index contributed by atoms with van der Waals surface area (Å²) >= 11 is 0. The second kappa shape index (κ2) is 10.2. The van der Waals surface area contributed by atoms with E-state index in [1.54, 1.807) is 35.2 Å². The molecule has 0 radical (unpaired) electrons. The maximum atomic E-state index is 12.7. The molecule has 0 aliphatic carbocycles. The number of methoxy groups -OCH3 is 1. The Morgan fingerprint density at radius 1 is 1.26 bits per heavy atom. The third-order valence-corrected chi connectivity index (χ3v) is 4.71. The topological polar surface area (TPSA) is 115 Å². The first kappa shape index (κ1) is 21.8. The van der Waals surface area contributed by atoms with Gasteiger partial charge < -0.3 is 19.1 Å². The summed E-state index contributed by atoms with van der Waals surface area (Å²) in [6.07, 6.45) is 1.48. The molecule has 1 heterocycles. The zero-order valence-corrected chi connectivity index (χ0v) is 16.9. The van der Waals surface area contributed by atoms with Gasteiger partial charge in [0, 0.05) is 30.8 Å². The van der Waals surface area contributed by atoms with Gasteiger partial charge in [0.2, 0.25) is 0 Å². The van der Waals surface area contributed by atoms with Gasteiger partial charge in [0.25, 0.3) is 11.6 Å². The van der Waals surface area contributed by atoms with Crippen LogP contribution < -0.4 is 9.47 Å². The van der Waals surface area contributed by atoms with E-state index in [-0.39, 0.29) is 23.8 Å². The monoisotopic (exact) mass is 423 g/mol. The van der Waals surface area contributed by atoms with Crippen LogP contribution in [0.4, 0.5) is 5.69 Å². The van der Waals surface area contributed by atoms with Crippen LogP contribution in [-0.4, -0.2) is 49.1 Å². The second-order valence-corrected chi connectivity index (χ2v) is 6.67. The number of nitro benzene ring substituents is 1. The van der Waals surface area contributed by atoms with Crippen molar-refractivity contribution in [2.24, 2.45) is 0 Å². The Morgan fingerprint density at radius 3 is 2.58 bits per heavy atom. The molecule has 0 bridgehead atoms. The summed E-state index contributed by atoms with van der Waals surface area (Å²) in [4.78, 5) is 24.6. The minimum atomic E-state index is -0.470. The number of hydrogen-bond acceptors (Lipinski definition) is 7. The molecule has 9 heteroatoms. The van der Waals surface area contributed by atoms with Crippen molar-refractivity contribution in [2.45, 2.75) is 6.61 Å². The average Bonchev–Trinajstić information content (AvgIpc) is 2.81.